The lowest BCUT2D eigenvalue weighted by atomic mass is 10.2. The molecular weight excluding hydrogens is 227 g/mol. The van der Waals surface area contributed by atoms with Crippen LogP contribution in [0.2, 0.25) is 0 Å². The Kier molecular flexibility index (Phi) is 2.73. The lowest BCUT2D eigenvalue weighted by Gasteiger charge is -2.04. The van der Waals surface area contributed by atoms with Crippen LogP contribution in [0, 0.1) is 12.7 Å². The first-order valence-electron chi connectivity index (χ1n) is 4.73. The number of hydrogen-bond donors (Lipinski definition) is 2. The number of carbonyl (C=O) groups excluding carboxylic acids is 1. The Bertz CT molecular complexity index is 567. The summed E-state index contributed by atoms with van der Waals surface area (Å²) in [5.74, 6) is -0.998. The SMILES string of the molecule is Cc1cc(NC(=O)c2nonc2N)ccc1F. The highest BCUT2D eigenvalue weighted by molar-refractivity contribution is 6.05. The lowest BCUT2D eigenvalue weighted by molar-refractivity contribution is 0.101. The lowest BCUT2D eigenvalue weighted by Crippen LogP contribution is -2.14. The number of nitrogens with two attached hydrogens (primary N) is 1. The number of halogens is 1. The van der Waals surface area contributed by atoms with Crippen molar-refractivity contribution < 1.29 is 13.8 Å². The third-order valence-corrected chi connectivity index (χ3v) is 2.14. The van der Waals surface area contributed by atoms with Crippen molar-refractivity contribution in [2.75, 3.05) is 11.1 Å². The predicted molar refractivity (Wildman–Crippen MR) is 57.8 cm³/mol. The van der Waals surface area contributed by atoms with Crippen LogP contribution in [0.3, 0.4) is 0 Å². The highest BCUT2D eigenvalue weighted by Gasteiger charge is 2.16. The molecule has 7 heteroatoms. The minimum Gasteiger partial charge on any atom is -0.379 e. The zero-order valence-electron chi connectivity index (χ0n) is 8.90. The van der Waals surface area contributed by atoms with E-state index in [1.807, 2.05) is 0 Å². The molecule has 88 valence electrons. The Morgan fingerprint density at radius 3 is 2.82 bits per heavy atom. The van der Waals surface area contributed by atoms with Gasteiger partial charge in [0.05, 0.1) is 0 Å². The smallest absolute Gasteiger partial charge is 0.281 e. The molecule has 0 aliphatic rings. The molecule has 1 aromatic heterocycles. The van der Waals surface area contributed by atoms with Gasteiger partial charge in [-0.05, 0) is 41.0 Å². The average Bonchev–Trinajstić information content (AvgIpc) is 2.70. The molecule has 0 radical (unpaired) electrons. The van der Waals surface area contributed by atoms with Gasteiger partial charge in [0, 0.05) is 5.69 Å². The number of anilines is 2. The highest BCUT2D eigenvalue weighted by atomic mass is 19.1. The van der Waals surface area contributed by atoms with E-state index in [2.05, 4.69) is 20.3 Å². The summed E-state index contributed by atoms with van der Waals surface area (Å²) in [6.07, 6.45) is 0. The Morgan fingerprint density at radius 2 is 2.24 bits per heavy atom. The third kappa shape index (κ3) is 2.22. The number of hydrogen-bond acceptors (Lipinski definition) is 5. The number of aryl methyl sites for hydroxylation is 1. The van der Waals surface area contributed by atoms with Crippen molar-refractivity contribution in [2.45, 2.75) is 6.92 Å². The molecule has 0 fully saturated rings. The van der Waals surface area contributed by atoms with Gasteiger partial charge in [-0.15, -0.1) is 0 Å². The van der Waals surface area contributed by atoms with Crippen molar-refractivity contribution >= 4 is 17.4 Å². The maximum atomic E-state index is 13.0. The van der Waals surface area contributed by atoms with E-state index < -0.39 is 5.91 Å². The number of nitrogen functional groups attached to an aromatic ring is 1. The van der Waals surface area contributed by atoms with Crippen molar-refractivity contribution in [1.82, 2.24) is 10.3 Å². The summed E-state index contributed by atoms with van der Waals surface area (Å²) in [5.41, 5.74) is 6.12. The average molecular weight is 236 g/mol. The van der Waals surface area contributed by atoms with Crippen LogP contribution in [-0.2, 0) is 0 Å². The molecule has 0 aliphatic heterocycles. The molecular formula is C10H9FN4O2. The second-order valence-corrected chi connectivity index (χ2v) is 3.42. The van der Waals surface area contributed by atoms with Gasteiger partial charge in [0.15, 0.2) is 0 Å². The topological polar surface area (TPSA) is 94.0 Å². The molecule has 2 aromatic rings. The van der Waals surface area contributed by atoms with Crippen molar-refractivity contribution in [1.29, 1.82) is 0 Å². The third-order valence-electron chi connectivity index (χ3n) is 2.14. The van der Waals surface area contributed by atoms with Gasteiger partial charge in [0.25, 0.3) is 5.91 Å². The van der Waals surface area contributed by atoms with Crippen LogP contribution in [0.15, 0.2) is 22.8 Å². The molecule has 0 atom stereocenters. The Labute approximate surface area is 95.6 Å². The summed E-state index contributed by atoms with van der Waals surface area (Å²) in [6.45, 7) is 1.59. The van der Waals surface area contributed by atoms with Gasteiger partial charge in [-0.25, -0.2) is 9.02 Å². The standard InChI is InChI=1S/C10H9FN4O2/c1-5-4-6(2-3-7(5)11)13-10(16)8-9(12)15-17-14-8/h2-4H,1H3,(H2,12,15)(H,13,16). The molecule has 1 heterocycles. The molecule has 6 nitrogen and oxygen atoms in total. The minimum atomic E-state index is -0.560. The number of benzene rings is 1. The maximum Gasteiger partial charge on any atom is 0.281 e. The van der Waals surface area contributed by atoms with Crippen LogP contribution in [0.25, 0.3) is 0 Å². The Balaban J connectivity index is 2.19. The quantitative estimate of drug-likeness (QED) is 0.820. The van der Waals surface area contributed by atoms with Gasteiger partial charge >= 0.3 is 0 Å². The zero-order valence-corrected chi connectivity index (χ0v) is 8.90. The predicted octanol–water partition coefficient (Wildman–Crippen LogP) is 1.35. The summed E-state index contributed by atoms with van der Waals surface area (Å²) in [6, 6.07) is 4.19. The van der Waals surface area contributed by atoms with Gasteiger partial charge in [-0.3, -0.25) is 4.79 Å². The van der Waals surface area contributed by atoms with Gasteiger partial charge in [-0.2, -0.15) is 0 Å². The molecule has 0 spiro atoms. The van der Waals surface area contributed by atoms with Gasteiger partial charge in [0.1, 0.15) is 5.82 Å². The fourth-order valence-electron chi connectivity index (χ4n) is 1.27. The number of rotatable bonds is 2. The number of amides is 1. The van der Waals surface area contributed by atoms with Crippen LogP contribution in [0.4, 0.5) is 15.9 Å². The second kappa shape index (κ2) is 4.20. The van der Waals surface area contributed by atoms with Gasteiger partial charge in [-0.1, -0.05) is 0 Å². The molecule has 1 aromatic carbocycles. The fourth-order valence-corrected chi connectivity index (χ4v) is 1.27. The highest BCUT2D eigenvalue weighted by Crippen LogP contribution is 2.15. The molecule has 2 rings (SSSR count). The number of nitrogens with zero attached hydrogens (tertiary/aromatic N) is 2. The molecule has 17 heavy (non-hydrogen) atoms. The first-order chi connectivity index (χ1) is 8.08. The van der Waals surface area contributed by atoms with E-state index >= 15 is 0 Å². The van der Waals surface area contributed by atoms with Crippen LogP contribution < -0.4 is 11.1 Å². The molecule has 1 amide bonds. The molecule has 0 saturated carbocycles. The summed E-state index contributed by atoms with van der Waals surface area (Å²) >= 11 is 0. The summed E-state index contributed by atoms with van der Waals surface area (Å²) in [7, 11) is 0. The largest absolute Gasteiger partial charge is 0.379 e. The van der Waals surface area contributed by atoms with E-state index in [-0.39, 0.29) is 17.3 Å². The van der Waals surface area contributed by atoms with Crippen molar-refractivity contribution in [3.63, 3.8) is 0 Å². The van der Waals surface area contributed by atoms with E-state index in [1.165, 1.54) is 18.2 Å². The minimum absolute atomic E-state index is 0.0960. The van der Waals surface area contributed by atoms with Gasteiger partial charge < -0.3 is 11.1 Å². The molecule has 0 saturated heterocycles. The van der Waals surface area contributed by atoms with Crippen molar-refractivity contribution in [2.24, 2.45) is 0 Å². The first kappa shape index (κ1) is 11.1. The Morgan fingerprint density at radius 1 is 1.47 bits per heavy atom. The van der Waals surface area contributed by atoms with E-state index in [4.69, 9.17) is 5.73 Å². The second-order valence-electron chi connectivity index (χ2n) is 3.42. The Hall–Kier alpha value is -2.44. The van der Waals surface area contributed by atoms with Crippen molar-refractivity contribution in [3.8, 4) is 0 Å². The van der Waals surface area contributed by atoms with Gasteiger partial charge in [0.2, 0.25) is 11.5 Å². The first-order valence-corrected chi connectivity index (χ1v) is 4.73. The van der Waals surface area contributed by atoms with Crippen LogP contribution in [0.5, 0.6) is 0 Å². The number of nitrogens with one attached hydrogen (secondary N) is 1. The monoisotopic (exact) mass is 236 g/mol. The van der Waals surface area contributed by atoms with Crippen LogP contribution >= 0.6 is 0 Å². The summed E-state index contributed by atoms with van der Waals surface area (Å²) in [5, 5.41) is 9.14. The molecule has 0 bridgehead atoms. The number of carbonyl (C=O) groups is 1. The molecule has 0 unspecified atom stereocenters. The zero-order chi connectivity index (χ0) is 12.4. The van der Waals surface area contributed by atoms with Crippen LogP contribution in [-0.4, -0.2) is 16.2 Å². The van der Waals surface area contributed by atoms with Crippen LogP contribution in [0.1, 0.15) is 16.1 Å². The van der Waals surface area contributed by atoms with E-state index in [0.29, 0.717) is 11.3 Å². The van der Waals surface area contributed by atoms with E-state index in [0.717, 1.165) is 0 Å². The summed E-state index contributed by atoms with van der Waals surface area (Å²) in [4.78, 5) is 11.6. The molecule has 0 aliphatic carbocycles. The van der Waals surface area contributed by atoms with E-state index in [9.17, 15) is 9.18 Å². The fraction of sp³-hybridized carbons (Fsp3) is 0.100. The van der Waals surface area contributed by atoms with E-state index in [1.54, 1.807) is 6.92 Å². The normalized spacial score (nSPS) is 10.2. The number of aromatic nitrogens is 2. The summed E-state index contributed by atoms with van der Waals surface area (Å²) < 4.78 is 17.3. The van der Waals surface area contributed by atoms with Crippen molar-refractivity contribution in [3.05, 3.63) is 35.3 Å². The maximum absolute atomic E-state index is 13.0. The molecule has 3 N–H and O–H groups in total.